The number of carbonyl (C=O) groups is 1. The third kappa shape index (κ3) is 4.51. The maximum atomic E-state index is 12.3. The van der Waals surface area contributed by atoms with Gasteiger partial charge in [-0.3, -0.25) is 9.89 Å². The molecule has 1 amide bonds. The van der Waals surface area contributed by atoms with E-state index in [1.807, 2.05) is 0 Å². The first-order chi connectivity index (χ1) is 12.9. The average molecular weight is 407 g/mol. The summed E-state index contributed by atoms with van der Waals surface area (Å²) in [5, 5.41) is 9.34. The Kier molecular flexibility index (Phi) is 5.54. The van der Waals surface area contributed by atoms with Crippen LogP contribution in [0.3, 0.4) is 0 Å². The lowest BCUT2D eigenvalue weighted by molar-refractivity contribution is 0.0949. The van der Waals surface area contributed by atoms with Crippen molar-refractivity contribution in [3.8, 4) is 0 Å². The number of hydrogen-bond acceptors (Lipinski definition) is 6. The highest BCUT2D eigenvalue weighted by Crippen LogP contribution is 2.12. The van der Waals surface area contributed by atoms with Gasteiger partial charge in [0.2, 0.25) is 10.0 Å². The van der Waals surface area contributed by atoms with E-state index in [2.05, 4.69) is 20.2 Å². The minimum absolute atomic E-state index is 0.0447. The molecule has 2 aromatic heterocycles. The smallest absolute Gasteiger partial charge is 0.251 e. The summed E-state index contributed by atoms with van der Waals surface area (Å²) in [6.07, 6.45) is 1.47. The molecule has 0 aliphatic carbocycles. The van der Waals surface area contributed by atoms with Crippen LogP contribution in [0.15, 0.2) is 52.0 Å². The Morgan fingerprint density at radius 3 is 2.59 bits per heavy atom. The Labute approximate surface area is 160 Å². The lowest BCUT2D eigenvalue weighted by Crippen LogP contribution is -2.25. The average Bonchev–Trinajstić information content (AvgIpc) is 3.29. The van der Waals surface area contributed by atoms with E-state index in [4.69, 9.17) is 16.6 Å². The number of rotatable bonds is 7. The van der Waals surface area contributed by atoms with Gasteiger partial charge in [-0.15, -0.1) is 0 Å². The van der Waals surface area contributed by atoms with Crippen molar-refractivity contribution in [1.29, 1.82) is 0 Å². The van der Waals surface area contributed by atoms with Crippen LogP contribution in [-0.2, 0) is 30.2 Å². The van der Waals surface area contributed by atoms with Gasteiger partial charge >= 0.3 is 0 Å². The van der Waals surface area contributed by atoms with Crippen LogP contribution in [0.4, 0.5) is 0 Å². The highest BCUT2D eigenvalue weighted by Gasteiger charge is 2.15. The van der Waals surface area contributed by atoms with Crippen molar-refractivity contribution in [3.63, 3.8) is 0 Å². The summed E-state index contributed by atoms with van der Waals surface area (Å²) in [4.78, 5) is 12.3. The Hall–Kier alpha value is -2.76. The predicted molar refractivity (Wildman–Crippen MR) is 98.7 cm³/mol. The Morgan fingerprint density at radius 2 is 2.00 bits per heavy atom. The number of benzene rings is 1. The number of aromatic amines is 1. The molecule has 0 bridgehead atoms. The zero-order valence-electron chi connectivity index (χ0n) is 14.3. The van der Waals surface area contributed by atoms with Gasteiger partial charge in [0.05, 0.1) is 24.2 Å². The molecule has 0 spiro atoms. The number of hydrogen-bond donors (Lipinski definition) is 3. The van der Waals surface area contributed by atoms with Crippen LogP contribution in [0.1, 0.15) is 21.9 Å². The third-order valence-electron chi connectivity index (χ3n) is 3.82. The van der Waals surface area contributed by atoms with Gasteiger partial charge in [-0.25, -0.2) is 13.1 Å². The standard InChI is InChI=1S/C16H17N5O4S2/c1-21-14(19-20-16(21)26)10-17-15(22)11-4-6-13(7-5-11)27(23,24)18-9-12-3-2-8-25-12/h2-8,18H,9-10H2,1H3,(H,17,22)(H,20,26). The lowest BCUT2D eigenvalue weighted by atomic mass is 10.2. The molecule has 11 heteroatoms. The maximum Gasteiger partial charge on any atom is 0.251 e. The second-order valence-electron chi connectivity index (χ2n) is 5.61. The highest BCUT2D eigenvalue weighted by molar-refractivity contribution is 7.89. The number of amides is 1. The minimum Gasteiger partial charge on any atom is -0.468 e. The van der Waals surface area contributed by atoms with Gasteiger partial charge in [-0.05, 0) is 48.6 Å². The molecule has 3 rings (SSSR count). The summed E-state index contributed by atoms with van der Waals surface area (Å²) in [6, 6.07) is 8.98. The first-order valence-electron chi connectivity index (χ1n) is 7.87. The predicted octanol–water partition coefficient (Wildman–Crippen LogP) is 1.48. The van der Waals surface area contributed by atoms with Gasteiger partial charge in [0, 0.05) is 12.6 Å². The summed E-state index contributed by atoms with van der Waals surface area (Å²) in [5.74, 6) is 0.731. The van der Waals surface area contributed by atoms with E-state index in [-0.39, 0.29) is 23.9 Å². The minimum atomic E-state index is -3.71. The number of aromatic nitrogens is 3. The quantitative estimate of drug-likeness (QED) is 0.510. The molecule has 9 nitrogen and oxygen atoms in total. The van der Waals surface area contributed by atoms with E-state index in [0.717, 1.165) is 0 Å². The zero-order valence-corrected chi connectivity index (χ0v) is 15.9. The normalized spacial score (nSPS) is 11.4. The number of nitrogens with one attached hydrogen (secondary N) is 3. The van der Waals surface area contributed by atoms with E-state index in [9.17, 15) is 13.2 Å². The van der Waals surface area contributed by atoms with Crippen molar-refractivity contribution < 1.29 is 17.6 Å². The molecule has 27 heavy (non-hydrogen) atoms. The molecular formula is C16H17N5O4S2. The number of furan rings is 1. The Balaban J connectivity index is 1.62. The molecule has 3 N–H and O–H groups in total. The zero-order chi connectivity index (χ0) is 19.4. The van der Waals surface area contributed by atoms with Crippen LogP contribution in [0.2, 0.25) is 0 Å². The highest BCUT2D eigenvalue weighted by atomic mass is 32.2. The van der Waals surface area contributed by atoms with E-state index in [1.54, 1.807) is 23.7 Å². The first-order valence-corrected chi connectivity index (χ1v) is 9.76. The summed E-state index contributed by atoms with van der Waals surface area (Å²) < 4.78 is 34.2. The van der Waals surface area contributed by atoms with E-state index in [0.29, 0.717) is 21.9 Å². The van der Waals surface area contributed by atoms with Crippen LogP contribution in [0.5, 0.6) is 0 Å². The van der Waals surface area contributed by atoms with Gasteiger partial charge in [0.1, 0.15) is 5.76 Å². The number of nitrogens with zero attached hydrogens (tertiary/aromatic N) is 2. The van der Waals surface area contributed by atoms with Crippen LogP contribution in [0.25, 0.3) is 0 Å². The summed E-state index contributed by atoms with van der Waals surface area (Å²) in [5.41, 5.74) is 0.330. The summed E-state index contributed by atoms with van der Waals surface area (Å²) in [6.45, 7) is 0.232. The van der Waals surface area contributed by atoms with E-state index in [1.165, 1.54) is 30.5 Å². The number of carbonyl (C=O) groups excluding carboxylic acids is 1. The lowest BCUT2D eigenvalue weighted by Gasteiger charge is -2.07. The van der Waals surface area contributed by atoms with Gasteiger partial charge in [-0.1, -0.05) is 0 Å². The van der Waals surface area contributed by atoms with E-state index >= 15 is 0 Å². The van der Waals surface area contributed by atoms with Crippen molar-refractivity contribution in [2.75, 3.05) is 0 Å². The monoisotopic (exact) mass is 407 g/mol. The van der Waals surface area contributed by atoms with Gasteiger partial charge in [0.15, 0.2) is 10.6 Å². The van der Waals surface area contributed by atoms with Crippen molar-refractivity contribution in [3.05, 3.63) is 64.6 Å². The largest absolute Gasteiger partial charge is 0.468 e. The van der Waals surface area contributed by atoms with Gasteiger partial charge < -0.3 is 14.3 Å². The molecule has 0 unspecified atom stereocenters. The van der Waals surface area contributed by atoms with Crippen LogP contribution in [-0.4, -0.2) is 29.1 Å². The second-order valence-corrected chi connectivity index (χ2v) is 7.77. The van der Waals surface area contributed by atoms with Crippen molar-refractivity contribution >= 4 is 28.1 Å². The first kappa shape index (κ1) is 19.0. The topological polar surface area (TPSA) is 122 Å². The second kappa shape index (κ2) is 7.86. The third-order valence-corrected chi connectivity index (χ3v) is 5.61. The van der Waals surface area contributed by atoms with Crippen molar-refractivity contribution in [2.45, 2.75) is 18.0 Å². The maximum absolute atomic E-state index is 12.3. The van der Waals surface area contributed by atoms with Crippen LogP contribution >= 0.6 is 12.2 Å². The molecule has 142 valence electrons. The molecular weight excluding hydrogens is 390 g/mol. The molecule has 0 fully saturated rings. The van der Waals surface area contributed by atoms with Crippen molar-refractivity contribution in [1.82, 2.24) is 24.8 Å². The Bertz CT molecular complexity index is 1080. The SMILES string of the molecule is Cn1c(CNC(=O)c2ccc(S(=O)(=O)NCc3ccco3)cc2)n[nH]c1=S. The molecule has 0 saturated heterocycles. The van der Waals surface area contributed by atoms with Crippen molar-refractivity contribution in [2.24, 2.45) is 7.05 Å². The number of sulfonamides is 1. The molecule has 1 aromatic carbocycles. The molecule has 0 atom stereocenters. The van der Waals surface area contributed by atoms with Gasteiger partial charge in [0.25, 0.3) is 5.91 Å². The Morgan fingerprint density at radius 1 is 1.26 bits per heavy atom. The van der Waals surface area contributed by atoms with Crippen LogP contribution < -0.4 is 10.0 Å². The molecule has 0 radical (unpaired) electrons. The molecule has 0 saturated carbocycles. The summed E-state index contributed by atoms with van der Waals surface area (Å²) in [7, 11) is -1.97. The molecule has 0 aliphatic heterocycles. The molecule has 2 heterocycles. The van der Waals surface area contributed by atoms with Gasteiger partial charge in [-0.2, -0.15) is 5.10 Å². The van der Waals surface area contributed by atoms with Crippen LogP contribution in [0, 0.1) is 4.77 Å². The summed E-state index contributed by atoms with van der Waals surface area (Å²) >= 11 is 5.01. The fraction of sp³-hybridized carbons (Fsp3) is 0.188. The number of H-pyrrole nitrogens is 1. The fourth-order valence-corrected chi connectivity index (χ4v) is 3.39. The fourth-order valence-electron chi connectivity index (χ4n) is 2.25. The van der Waals surface area contributed by atoms with E-state index < -0.39 is 10.0 Å². The molecule has 3 aromatic rings. The molecule has 0 aliphatic rings.